The molecule has 1 N–H and O–H groups in total. The Labute approximate surface area is 118 Å². The quantitative estimate of drug-likeness (QED) is 0.910. The zero-order valence-corrected chi connectivity index (χ0v) is 11.8. The van der Waals surface area contributed by atoms with E-state index in [9.17, 15) is 9.50 Å². The molecule has 0 unspecified atom stereocenters. The van der Waals surface area contributed by atoms with Crippen LogP contribution in [0.25, 0.3) is 0 Å². The zero-order valence-electron chi connectivity index (χ0n) is 11.8. The Kier molecular flexibility index (Phi) is 4.69. The average molecular weight is 274 g/mol. The van der Waals surface area contributed by atoms with E-state index < -0.39 is 0 Å². The Balaban J connectivity index is 2.24. The molecule has 0 aliphatic heterocycles. The van der Waals surface area contributed by atoms with Crippen molar-refractivity contribution in [2.45, 2.75) is 26.5 Å². The van der Waals surface area contributed by atoms with E-state index in [1.54, 1.807) is 12.1 Å². The van der Waals surface area contributed by atoms with Gasteiger partial charge in [0.2, 0.25) is 0 Å². The van der Waals surface area contributed by atoms with E-state index in [1.807, 2.05) is 37.1 Å². The molecule has 0 aliphatic carbocycles. The van der Waals surface area contributed by atoms with E-state index in [-0.39, 0.29) is 12.4 Å². The Morgan fingerprint density at radius 3 is 2.65 bits per heavy atom. The first-order valence-corrected chi connectivity index (χ1v) is 6.69. The third kappa shape index (κ3) is 3.33. The SMILES string of the molecule is CCc1cc(CO)cc(N(C)Cc2ccccc2F)n1. The van der Waals surface area contributed by atoms with Gasteiger partial charge in [0.25, 0.3) is 0 Å². The van der Waals surface area contributed by atoms with Gasteiger partial charge in [-0.05, 0) is 30.2 Å². The summed E-state index contributed by atoms with van der Waals surface area (Å²) >= 11 is 0. The first-order valence-electron chi connectivity index (χ1n) is 6.69. The number of halogens is 1. The van der Waals surface area contributed by atoms with Gasteiger partial charge in [-0.2, -0.15) is 0 Å². The molecule has 0 atom stereocenters. The lowest BCUT2D eigenvalue weighted by molar-refractivity contribution is 0.281. The molecule has 0 radical (unpaired) electrons. The van der Waals surface area contributed by atoms with E-state index in [0.717, 1.165) is 23.5 Å². The highest BCUT2D eigenvalue weighted by atomic mass is 19.1. The molecule has 0 fully saturated rings. The molecule has 2 rings (SSSR count). The Bertz CT molecular complexity index is 564. The predicted molar refractivity (Wildman–Crippen MR) is 78.0 cm³/mol. The molecule has 0 bridgehead atoms. The monoisotopic (exact) mass is 274 g/mol. The van der Waals surface area contributed by atoms with E-state index in [4.69, 9.17) is 0 Å². The highest BCUT2D eigenvalue weighted by molar-refractivity contribution is 5.43. The molecule has 1 aromatic carbocycles. The van der Waals surface area contributed by atoms with Crippen molar-refractivity contribution in [3.63, 3.8) is 0 Å². The van der Waals surface area contributed by atoms with E-state index in [0.29, 0.717) is 12.1 Å². The number of pyridine rings is 1. The van der Waals surface area contributed by atoms with Crippen LogP contribution in [0.1, 0.15) is 23.7 Å². The summed E-state index contributed by atoms with van der Waals surface area (Å²) in [4.78, 5) is 6.40. The van der Waals surface area contributed by atoms with Crippen LogP contribution in [0.2, 0.25) is 0 Å². The van der Waals surface area contributed by atoms with Crippen molar-refractivity contribution in [1.82, 2.24) is 4.98 Å². The molecular weight excluding hydrogens is 255 g/mol. The number of hydrogen-bond donors (Lipinski definition) is 1. The summed E-state index contributed by atoms with van der Waals surface area (Å²) in [6.45, 7) is 2.44. The molecule has 2 aromatic rings. The second-order valence-electron chi connectivity index (χ2n) is 4.78. The Hall–Kier alpha value is -1.94. The number of aromatic nitrogens is 1. The summed E-state index contributed by atoms with van der Waals surface area (Å²) in [6.07, 6.45) is 0.800. The minimum atomic E-state index is -0.214. The molecule has 0 spiro atoms. The number of hydrogen-bond acceptors (Lipinski definition) is 3. The molecule has 0 amide bonds. The maximum atomic E-state index is 13.7. The molecular formula is C16H19FN2O. The normalized spacial score (nSPS) is 10.6. The van der Waals surface area contributed by atoms with Crippen LogP contribution in [-0.4, -0.2) is 17.1 Å². The molecule has 1 heterocycles. The number of aliphatic hydroxyl groups is 1. The fourth-order valence-corrected chi connectivity index (χ4v) is 2.06. The maximum Gasteiger partial charge on any atom is 0.129 e. The second kappa shape index (κ2) is 6.48. The van der Waals surface area contributed by atoms with Crippen LogP contribution >= 0.6 is 0 Å². The van der Waals surface area contributed by atoms with Crippen molar-refractivity contribution in [1.29, 1.82) is 0 Å². The third-order valence-electron chi connectivity index (χ3n) is 3.23. The van der Waals surface area contributed by atoms with Gasteiger partial charge in [0.1, 0.15) is 11.6 Å². The molecule has 20 heavy (non-hydrogen) atoms. The molecule has 0 aliphatic rings. The smallest absolute Gasteiger partial charge is 0.129 e. The van der Waals surface area contributed by atoms with Gasteiger partial charge in [0.15, 0.2) is 0 Å². The van der Waals surface area contributed by atoms with Crippen molar-refractivity contribution < 1.29 is 9.50 Å². The summed E-state index contributed by atoms with van der Waals surface area (Å²) in [6, 6.07) is 10.4. The number of aryl methyl sites for hydroxylation is 1. The van der Waals surface area contributed by atoms with Crippen molar-refractivity contribution in [3.8, 4) is 0 Å². The lowest BCUT2D eigenvalue weighted by atomic mass is 10.1. The van der Waals surface area contributed by atoms with Gasteiger partial charge in [-0.25, -0.2) is 9.37 Å². The van der Waals surface area contributed by atoms with Gasteiger partial charge >= 0.3 is 0 Å². The fourth-order valence-electron chi connectivity index (χ4n) is 2.06. The molecule has 0 saturated carbocycles. The van der Waals surface area contributed by atoms with Crippen LogP contribution < -0.4 is 4.90 Å². The van der Waals surface area contributed by atoms with Gasteiger partial charge in [0, 0.05) is 24.8 Å². The summed E-state index contributed by atoms with van der Waals surface area (Å²) in [5.41, 5.74) is 2.38. The molecule has 3 nitrogen and oxygen atoms in total. The van der Waals surface area contributed by atoms with Crippen LogP contribution in [-0.2, 0) is 19.6 Å². The molecule has 106 valence electrons. The minimum Gasteiger partial charge on any atom is -0.392 e. The highest BCUT2D eigenvalue weighted by Gasteiger charge is 2.09. The van der Waals surface area contributed by atoms with Crippen LogP contribution in [0.5, 0.6) is 0 Å². The maximum absolute atomic E-state index is 13.7. The van der Waals surface area contributed by atoms with E-state index in [1.165, 1.54) is 6.07 Å². The van der Waals surface area contributed by atoms with Crippen LogP contribution in [0.3, 0.4) is 0 Å². The lowest BCUT2D eigenvalue weighted by Gasteiger charge is -2.20. The molecule has 0 saturated heterocycles. The van der Waals surface area contributed by atoms with Gasteiger partial charge < -0.3 is 10.0 Å². The number of aliphatic hydroxyl groups excluding tert-OH is 1. The summed E-state index contributed by atoms with van der Waals surface area (Å²) in [7, 11) is 1.87. The van der Waals surface area contributed by atoms with Crippen molar-refractivity contribution in [2.24, 2.45) is 0 Å². The van der Waals surface area contributed by atoms with Crippen molar-refractivity contribution in [2.75, 3.05) is 11.9 Å². The topological polar surface area (TPSA) is 36.4 Å². The number of anilines is 1. The lowest BCUT2D eigenvalue weighted by Crippen LogP contribution is -2.19. The van der Waals surface area contributed by atoms with Crippen LogP contribution in [0, 0.1) is 5.82 Å². The van der Waals surface area contributed by atoms with Gasteiger partial charge in [-0.15, -0.1) is 0 Å². The first kappa shape index (κ1) is 14.5. The Morgan fingerprint density at radius 2 is 2.00 bits per heavy atom. The Morgan fingerprint density at radius 1 is 1.25 bits per heavy atom. The molecule has 4 heteroatoms. The van der Waals surface area contributed by atoms with Crippen LogP contribution in [0.4, 0.5) is 10.2 Å². The van der Waals surface area contributed by atoms with Gasteiger partial charge in [-0.1, -0.05) is 25.1 Å². The van der Waals surface area contributed by atoms with Gasteiger partial charge in [-0.3, -0.25) is 0 Å². The third-order valence-corrected chi connectivity index (χ3v) is 3.23. The highest BCUT2D eigenvalue weighted by Crippen LogP contribution is 2.18. The fraction of sp³-hybridized carbons (Fsp3) is 0.312. The minimum absolute atomic E-state index is 0.0178. The first-order chi connectivity index (χ1) is 9.63. The van der Waals surface area contributed by atoms with Crippen molar-refractivity contribution in [3.05, 3.63) is 59.0 Å². The van der Waals surface area contributed by atoms with E-state index >= 15 is 0 Å². The standard InChI is InChI=1S/C16H19FN2O/c1-3-14-8-12(11-20)9-16(18-14)19(2)10-13-6-4-5-7-15(13)17/h4-9,20H,3,10-11H2,1-2H3. The van der Waals surface area contributed by atoms with Crippen molar-refractivity contribution >= 4 is 5.82 Å². The largest absolute Gasteiger partial charge is 0.392 e. The summed E-state index contributed by atoms with van der Waals surface area (Å²) in [5.74, 6) is 0.532. The van der Waals surface area contributed by atoms with Crippen LogP contribution in [0.15, 0.2) is 36.4 Å². The van der Waals surface area contributed by atoms with E-state index in [2.05, 4.69) is 4.98 Å². The van der Waals surface area contributed by atoms with Gasteiger partial charge in [0.05, 0.1) is 6.61 Å². The summed E-state index contributed by atoms with van der Waals surface area (Å²) in [5, 5.41) is 9.29. The average Bonchev–Trinajstić information content (AvgIpc) is 2.48. The number of nitrogens with zero attached hydrogens (tertiary/aromatic N) is 2. The summed E-state index contributed by atoms with van der Waals surface area (Å²) < 4.78 is 13.7. The number of benzene rings is 1. The zero-order chi connectivity index (χ0) is 14.5. The number of rotatable bonds is 5. The second-order valence-corrected chi connectivity index (χ2v) is 4.78. The molecule has 1 aromatic heterocycles. The predicted octanol–water partition coefficient (Wildman–Crippen LogP) is 2.91.